The van der Waals surface area contributed by atoms with E-state index in [0.29, 0.717) is 16.7 Å². The van der Waals surface area contributed by atoms with E-state index in [-0.39, 0.29) is 16.8 Å². The lowest BCUT2D eigenvalue weighted by molar-refractivity contribution is -0.107. The molecule has 0 spiro atoms. The maximum absolute atomic E-state index is 14.6. The quantitative estimate of drug-likeness (QED) is 0.580. The molecule has 0 bridgehead atoms. The van der Waals surface area contributed by atoms with Crippen LogP contribution in [0, 0.1) is 11.3 Å². The number of nitrogens with zero attached hydrogens (tertiary/aromatic N) is 2. The number of aryl methyl sites for hydroxylation is 1. The maximum atomic E-state index is 14.6. The fourth-order valence-electron chi connectivity index (χ4n) is 3.05. The largest absolute Gasteiger partial charge is 0.497 e. The molecule has 0 aliphatic heterocycles. The van der Waals surface area contributed by atoms with Gasteiger partial charge in [0.15, 0.2) is 0 Å². The number of fused-ring (bicyclic) bond motifs is 1. The summed E-state index contributed by atoms with van der Waals surface area (Å²) in [7, 11) is 2.99. The molecule has 0 aliphatic rings. The lowest BCUT2D eigenvalue weighted by Gasteiger charge is -2.13. The van der Waals surface area contributed by atoms with E-state index >= 15 is 0 Å². The third kappa shape index (κ3) is 3.14. The first-order valence-electron chi connectivity index (χ1n) is 7.89. The van der Waals surface area contributed by atoms with Gasteiger partial charge in [-0.25, -0.2) is 4.39 Å². The molecule has 0 radical (unpaired) electrons. The van der Waals surface area contributed by atoms with Crippen LogP contribution in [0.1, 0.15) is 16.8 Å². The van der Waals surface area contributed by atoms with Crippen LogP contribution in [0.4, 0.5) is 17.6 Å². The smallest absolute Gasteiger partial charge is 0.443 e. The molecule has 3 nitrogen and oxygen atoms in total. The van der Waals surface area contributed by atoms with Gasteiger partial charge in [-0.2, -0.15) is 18.4 Å². The van der Waals surface area contributed by atoms with E-state index in [9.17, 15) is 22.8 Å². The molecule has 0 unspecified atom stereocenters. The van der Waals surface area contributed by atoms with Crippen molar-refractivity contribution in [3.8, 4) is 11.8 Å². The first-order valence-corrected chi connectivity index (χ1v) is 7.89. The van der Waals surface area contributed by atoms with E-state index in [1.807, 2.05) is 6.07 Å². The Hall–Kier alpha value is -3.27. The SMILES string of the molecule is COc1ccc2c(/C(=C(\F)C(F)(F)F)c3ccccc3)c(C#N)n(C)c2c1. The summed E-state index contributed by atoms with van der Waals surface area (Å²) in [6.45, 7) is 0. The van der Waals surface area contributed by atoms with E-state index < -0.39 is 17.6 Å². The van der Waals surface area contributed by atoms with Crippen LogP contribution in [-0.4, -0.2) is 17.9 Å². The molecular formula is C20H14F4N2O. The van der Waals surface area contributed by atoms with E-state index in [0.717, 1.165) is 0 Å². The fourth-order valence-corrected chi connectivity index (χ4v) is 3.05. The number of rotatable bonds is 3. The molecule has 0 saturated heterocycles. The zero-order valence-corrected chi connectivity index (χ0v) is 14.4. The van der Waals surface area contributed by atoms with Gasteiger partial charge in [0.05, 0.1) is 12.6 Å². The molecule has 0 atom stereocenters. The van der Waals surface area contributed by atoms with Crippen LogP contribution in [-0.2, 0) is 7.05 Å². The Morgan fingerprint density at radius 1 is 1.11 bits per heavy atom. The van der Waals surface area contributed by atoms with Crippen LogP contribution in [0.5, 0.6) is 5.75 Å². The third-order valence-corrected chi connectivity index (χ3v) is 4.29. The number of halogens is 4. The van der Waals surface area contributed by atoms with Crippen molar-refractivity contribution >= 4 is 16.5 Å². The normalized spacial score (nSPS) is 12.6. The van der Waals surface area contributed by atoms with Gasteiger partial charge in [-0.15, -0.1) is 0 Å². The van der Waals surface area contributed by atoms with Gasteiger partial charge in [0.2, 0.25) is 5.83 Å². The van der Waals surface area contributed by atoms with Crippen LogP contribution < -0.4 is 4.74 Å². The first kappa shape index (κ1) is 18.5. The highest BCUT2D eigenvalue weighted by Crippen LogP contribution is 2.42. The van der Waals surface area contributed by atoms with Crippen molar-refractivity contribution in [2.24, 2.45) is 7.05 Å². The van der Waals surface area contributed by atoms with Crippen LogP contribution in [0.15, 0.2) is 54.4 Å². The van der Waals surface area contributed by atoms with Crippen molar-refractivity contribution in [2.45, 2.75) is 6.18 Å². The number of nitriles is 1. The molecule has 0 N–H and O–H groups in total. The zero-order valence-electron chi connectivity index (χ0n) is 14.4. The highest BCUT2D eigenvalue weighted by molar-refractivity contribution is 6.01. The molecule has 0 amide bonds. The summed E-state index contributed by atoms with van der Waals surface area (Å²) in [6, 6.07) is 14.0. The van der Waals surface area contributed by atoms with Gasteiger partial charge in [0.25, 0.3) is 0 Å². The summed E-state index contributed by atoms with van der Waals surface area (Å²) < 4.78 is 61.0. The van der Waals surface area contributed by atoms with Gasteiger partial charge >= 0.3 is 6.18 Å². The zero-order chi connectivity index (χ0) is 19.8. The average Bonchev–Trinajstić information content (AvgIpc) is 2.93. The Morgan fingerprint density at radius 2 is 1.78 bits per heavy atom. The maximum Gasteiger partial charge on any atom is 0.443 e. The summed E-state index contributed by atoms with van der Waals surface area (Å²) >= 11 is 0. The number of ether oxygens (including phenoxy) is 1. The third-order valence-electron chi connectivity index (χ3n) is 4.29. The van der Waals surface area contributed by atoms with Crippen molar-refractivity contribution in [3.05, 3.63) is 71.2 Å². The second kappa shape index (κ2) is 6.80. The first-order chi connectivity index (χ1) is 12.8. The number of allylic oxidation sites excluding steroid dienone is 1. The molecule has 2 aromatic carbocycles. The lowest BCUT2D eigenvalue weighted by atomic mass is 9.94. The predicted molar refractivity (Wildman–Crippen MR) is 93.8 cm³/mol. The molecule has 138 valence electrons. The fraction of sp³-hybridized carbons (Fsp3) is 0.150. The van der Waals surface area contributed by atoms with Gasteiger partial charge < -0.3 is 9.30 Å². The highest BCUT2D eigenvalue weighted by Gasteiger charge is 2.39. The summed E-state index contributed by atoms with van der Waals surface area (Å²) in [6.07, 6.45) is -5.19. The number of methoxy groups -OCH3 is 1. The second-order valence-electron chi connectivity index (χ2n) is 5.83. The minimum Gasteiger partial charge on any atom is -0.497 e. The summed E-state index contributed by atoms with van der Waals surface area (Å²) in [4.78, 5) is 0. The van der Waals surface area contributed by atoms with E-state index in [1.165, 1.54) is 49.1 Å². The summed E-state index contributed by atoms with van der Waals surface area (Å²) in [5, 5.41) is 9.91. The monoisotopic (exact) mass is 374 g/mol. The van der Waals surface area contributed by atoms with Gasteiger partial charge in [-0.05, 0) is 17.7 Å². The molecule has 1 heterocycles. The Labute approximate surface area is 152 Å². The molecule has 27 heavy (non-hydrogen) atoms. The van der Waals surface area contributed by atoms with Crippen LogP contribution in [0.3, 0.4) is 0 Å². The molecule has 3 rings (SSSR count). The number of hydrogen-bond donors (Lipinski definition) is 0. The number of alkyl halides is 3. The lowest BCUT2D eigenvalue weighted by Crippen LogP contribution is -2.11. The molecular weight excluding hydrogens is 360 g/mol. The number of aromatic nitrogens is 1. The molecule has 0 saturated carbocycles. The van der Waals surface area contributed by atoms with Crippen molar-refractivity contribution in [3.63, 3.8) is 0 Å². The summed E-state index contributed by atoms with van der Waals surface area (Å²) in [5.74, 6) is -1.77. The van der Waals surface area contributed by atoms with Gasteiger partial charge in [-0.1, -0.05) is 30.3 Å². The molecule has 3 aromatic rings. The van der Waals surface area contributed by atoms with Crippen LogP contribution >= 0.6 is 0 Å². The molecule has 0 aliphatic carbocycles. The number of hydrogen-bond acceptors (Lipinski definition) is 2. The molecule has 1 aromatic heterocycles. The van der Waals surface area contributed by atoms with Gasteiger partial charge in [0.1, 0.15) is 17.5 Å². The van der Waals surface area contributed by atoms with Gasteiger partial charge in [-0.3, -0.25) is 0 Å². The Balaban J connectivity index is 2.48. The Kier molecular flexibility index (Phi) is 4.66. The summed E-state index contributed by atoms with van der Waals surface area (Å²) in [5.41, 5.74) is -0.331. The molecule has 7 heteroatoms. The average molecular weight is 374 g/mol. The Morgan fingerprint density at radius 3 is 2.33 bits per heavy atom. The Bertz CT molecular complexity index is 1070. The topological polar surface area (TPSA) is 37.9 Å². The van der Waals surface area contributed by atoms with Crippen molar-refractivity contribution in [2.75, 3.05) is 7.11 Å². The highest BCUT2D eigenvalue weighted by atomic mass is 19.4. The van der Waals surface area contributed by atoms with Gasteiger partial charge in [0, 0.05) is 29.6 Å². The van der Waals surface area contributed by atoms with E-state index in [2.05, 4.69) is 0 Å². The number of benzene rings is 2. The minimum atomic E-state index is -5.19. The second-order valence-corrected chi connectivity index (χ2v) is 5.83. The molecule has 0 fully saturated rings. The standard InChI is InChI=1S/C20H14F4N2O/c1-26-15-10-13(27-2)8-9-14(15)18(16(26)11-25)17(19(21)20(22,23)24)12-6-4-3-5-7-12/h3-10H,1-2H3/b19-17-. The van der Waals surface area contributed by atoms with Crippen molar-refractivity contribution in [1.82, 2.24) is 4.57 Å². The van der Waals surface area contributed by atoms with E-state index in [1.54, 1.807) is 18.2 Å². The van der Waals surface area contributed by atoms with E-state index in [4.69, 9.17) is 4.74 Å². The van der Waals surface area contributed by atoms with Crippen LogP contribution in [0.25, 0.3) is 16.5 Å². The van der Waals surface area contributed by atoms with Crippen LogP contribution in [0.2, 0.25) is 0 Å². The minimum absolute atomic E-state index is 0.0344. The predicted octanol–water partition coefficient (Wildman–Crippen LogP) is 5.35. The van der Waals surface area contributed by atoms with Crippen molar-refractivity contribution in [1.29, 1.82) is 5.26 Å². The van der Waals surface area contributed by atoms with Crippen molar-refractivity contribution < 1.29 is 22.3 Å².